The largest absolute Gasteiger partial charge is 0.393 e. The molecule has 1 atom stereocenters. The van der Waals surface area contributed by atoms with Gasteiger partial charge in [-0.05, 0) is 26.8 Å². The maximum absolute atomic E-state index is 9.04. The van der Waals surface area contributed by atoms with Gasteiger partial charge < -0.3 is 10.4 Å². The molecule has 5 nitrogen and oxygen atoms in total. The fourth-order valence-corrected chi connectivity index (χ4v) is 1.20. The van der Waals surface area contributed by atoms with Crippen LogP contribution in [0.1, 0.15) is 26.1 Å². The monoisotopic (exact) mass is 198 g/mol. The van der Waals surface area contributed by atoms with Gasteiger partial charge in [0, 0.05) is 6.54 Å². The lowest BCUT2D eigenvalue weighted by molar-refractivity contribution is 0.183. The van der Waals surface area contributed by atoms with E-state index in [1.807, 2.05) is 11.6 Å². The summed E-state index contributed by atoms with van der Waals surface area (Å²) in [7, 11) is 0. The van der Waals surface area contributed by atoms with Crippen LogP contribution in [0.3, 0.4) is 0 Å². The van der Waals surface area contributed by atoms with Crippen molar-refractivity contribution in [2.75, 3.05) is 6.54 Å². The molecule has 0 spiro atoms. The highest BCUT2D eigenvalue weighted by Gasteiger charge is 2.01. The Labute approximate surface area is 84.2 Å². The van der Waals surface area contributed by atoms with Crippen molar-refractivity contribution in [3.8, 4) is 0 Å². The van der Waals surface area contributed by atoms with Crippen molar-refractivity contribution in [1.82, 2.24) is 20.1 Å². The molecule has 0 amide bonds. The van der Waals surface area contributed by atoms with Gasteiger partial charge in [-0.15, -0.1) is 0 Å². The quantitative estimate of drug-likeness (QED) is 0.639. The molecule has 0 bridgehead atoms. The number of aromatic nitrogens is 3. The lowest BCUT2D eigenvalue weighted by Gasteiger charge is -2.06. The van der Waals surface area contributed by atoms with Gasteiger partial charge in [0.05, 0.1) is 12.6 Å². The molecule has 0 aliphatic rings. The first kappa shape index (κ1) is 11.1. The molecule has 1 unspecified atom stereocenters. The van der Waals surface area contributed by atoms with Crippen LogP contribution in [0.2, 0.25) is 0 Å². The molecule has 5 heteroatoms. The van der Waals surface area contributed by atoms with Crippen LogP contribution in [0.4, 0.5) is 0 Å². The number of aliphatic hydroxyl groups excluding tert-OH is 1. The average Bonchev–Trinajstić information content (AvgIpc) is 2.59. The van der Waals surface area contributed by atoms with E-state index in [9.17, 15) is 0 Å². The number of aryl methyl sites for hydroxylation is 1. The first-order valence-electron chi connectivity index (χ1n) is 4.99. The van der Waals surface area contributed by atoms with Gasteiger partial charge in [-0.2, -0.15) is 5.10 Å². The lowest BCUT2D eigenvalue weighted by atomic mass is 10.3. The summed E-state index contributed by atoms with van der Waals surface area (Å²) >= 11 is 0. The van der Waals surface area contributed by atoms with Crippen molar-refractivity contribution in [2.45, 2.75) is 39.5 Å². The van der Waals surface area contributed by atoms with Crippen molar-refractivity contribution < 1.29 is 5.11 Å². The maximum atomic E-state index is 9.04. The van der Waals surface area contributed by atoms with Gasteiger partial charge in [-0.25, -0.2) is 9.67 Å². The summed E-state index contributed by atoms with van der Waals surface area (Å²) in [6.45, 7) is 6.17. The number of nitrogens with one attached hydrogen (secondary N) is 1. The lowest BCUT2D eigenvalue weighted by Crippen LogP contribution is -2.21. The fourth-order valence-electron chi connectivity index (χ4n) is 1.20. The molecule has 1 aromatic rings. The Balaban J connectivity index is 2.24. The van der Waals surface area contributed by atoms with Crippen molar-refractivity contribution in [2.24, 2.45) is 0 Å². The van der Waals surface area contributed by atoms with Crippen molar-refractivity contribution in [1.29, 1.82) is 0 Å². The maximum Gasteiger partial charge on any atom is 0.140 e. The van der Waals surface area contributed by atoms with Crippen molar-refractivity contribution >= 4 is 0 Å². The van der Waals surface area contributed by atoms with Gasteiger partial charge in [-0.1, -0.05) is 0 Å². The third-order valence-electron chi connectivity index (χ3n) is 2.02. The molecule has 0 saturated carbocycles. The summed E-state index contributed by atoms with van der Waals surface area (Å²) in [4.78, 5) is 4.13. The highest BCUT2D eigenvalue weighted by molar-refractivity contribution is 4.83. The van der Waals surface area contributed by atoms with Crippen molar-refractivity contribution in [3.63, 3.8) is 0 Å². The zero-order valence-corrected chi connectivity index (χ0v) is 8.77. The van der Waals surface area contributed by atoms with Gasteiger partial charge in [0.15, 0.2) is 0 Å². The summed E-state index contributed by atoms with van der Waals surface area (Å²) in [5.74, 6) is 0.943. The number of aliphatic hydroxyl groups is 1. The van der Waals surface area contributed by atoms with E-state index >= 15 is 0 Å². The molecular formula is C9H18N4O. The first-order chi connectivity index (χ1) is 6.74. The molecule has 0 aliphatic heterocycles. The molecule has 0 aromatic carbocycles. The Hall–Kier alpha value is -0.940. The minimum absolute atomic E-state index is 0.244. The van der Waals surface area contributed by atoms with Crippen LogP contribution < -0.4 is 5.32 Å². The van der Waals surface area contributed by atoms with E-state index in [0.29, 0.717) is 6.54 Å². The average molecular weight is 198 g/mol. The van der Waals surface area contributed by atoms with E-state index in [4.69, 9.17) is 5.11 Å². The van der Waals surface area contributed by atoms with Crippen LogP contribution in [0.15, 0.2) is 6.33 Å². The Morgan fingerprint density at radius 3 is 3.07 bits per heavy atom. The summed E-state index contributed by atoms with van der Waals surface area (Å²) in [5.41, 5.74) is 0. The second-order valence-electron chi connectivity index (χ2n) is 3.31. The Morgan fingerprint density at radius 1 is 1.64 bits per heavy atom. The third-order valence-corrected chi connectivity index (χ3v) is 2.02. The van der Waals surface area contributed by atoms with Crippen LogP contribution >= 0.6 is 0 Å². The zero-order chi connectivity index (χ0) is 10.4. The Kier molecular flexibility index (Phi) is 4.55. The summed E-state index contributed by atoms with van der Waals surface area (Å²) in [6.07, 6.45) is 2.08. The SMILES string of the molecule is CCn1ncnc1CNCCC(C)O. The standard InChI is InChI=1S/C9H18N4O/c1-3-13-9(11-7-12-13)6-10-5-4-8(2)14/h7-8,10,14H,3-6H2,1-2H3. The van der Waals surface area contributed by atoms with Gasteiger partial charge in [-0.3, -0.25) is 0 Å². The topological polar surface area (TPSA) is 63.0 Å². The predicted molar refractivity (Wildman–Crippen MR) is 53.7 cm³/mol. The van der Waals surface area contributed by atoms with E-state index in [1.165, 1.54) is 0 Å². The zero-order valence-electron chi connectivity index (χ0n) is 8.77. The van der Waals surface area contributed by atoms with E-state index in [-0.39, 0.29) is 6.10 Å². The smallest absolute Gasteiger partial charge is 0.140 e. The highest BCUT2D eigenvalue weighted by atomic mass is 16.3. The van der Waals surface area contributed by atoms with E-state index in [1.54, 1.807) is 13.3 Å². The second-order valence-corrected chi connectivity index (χ2v) is 3.31. The summed E-state index contributed by atoms with van der Waals surface area (Å²) in [5, 5.41) is 16.3. The summed E-state index contributed by atoms with van der Waals surface area (Å²) < 4.78 is 1.86. The van der Waals surface area contributed by atoms with E-state index in [2.05, 4.69) is 15.4 Å². The minimum atomic E-state index is -0.244. The fraction of sp³-hybridized carbons (Fsp3) is 0.778. The number of hydrogen-bond donors (Lipinski definition) is 2. The molecular weight excluding hydrogens is 180 g/mol. The van der Waals surface area contributed by atoms with Gasteiger partial charge in [0.25, 0.3) is 0 Å². The predicted octanol–water partition coefficient (Wildman–Crippen LogP) is 0.159. The highest BCUT2D eigenvalue weighted by Crippen LogP contribution is 1.93. The van der Waals surface area contributed by atoms with Crippen LogP contribution in [0.25, 0.3) is 0 Å². The molecule has 1 aromatic heterocycles. The third kappa shape index (κ3) is 3.43. The van der Waals surface area contributed by atoms with Crippen LogP contribution in [0.5, 0.6) is 0 Å². The molecule has 0 fully saturated rings. The number of rotatable bonds is 6. The van der Waals surface area contributed by atoms with E-state index in [0.717, 1.165) is 25.3 Å². The number of nitrogens with zero attached hydrogens (tertiary/aromatic N) is 3. The molecule has 0 radical (unpaired) electrons. The normalized spacial score (nSPS) is 13.1. The van der Waals surface area contributed by atoms with E-state index < -0.39 is 0 Å². The van der Waals surface area contributed by atoms with Gasteiger partial charge in [0.1, 0.15) is 12.2 Å². The molecule has 1 rings (SSSR count). The molecule has 14 heavy (non-hydrogen) atoms. The van der Waals surface area contributed by atoms with Crippen LogP contribution in [0, 0.1) is 0 Å². The Morgan fingerprint density at radius 2 is 2.43 bits per heavy atom. The van der Waals surface area contributed by atoms with Gasteiger partial charge in [0.2, 0.25) is 0 Å². The molecule has 0 saturated heterocycles. The Bertz CT molecular complexity index is 259. The number of hydrogen-bond acceptors (Lipinski definition) is 4. The van der Waals surface area contributed by atoms with Crippen molar-refractivity contribution in [3.05, 3.63) is 12.2 Å². The second kappa shape index (κ2) is 5.72. The molecule has 80 valence electrons. The molecule has 2 N–H and O–H groups in total. The molecule has 0 aliphatic carbocycles. The molecule has 1 heterocycles. The first-order valence-corrected chi connectivity index (χ1v) is 4.99. The minimum Gasteiger partial charge on any atom is -0.393 e. The van der Waals surface area contributed by atoms with Crippen LogP contribution in [-0.2, 0) is 13.1 Å². The van der Waals surface area contributed by atoms with Gasteiger partial charge >= 0.3 is 0 Å². The summed E-state index contributed by atoms with van der Waals surface area (Å²) in [6, 6.07) is 0. The van der Waals surface area contributed by atoms with Crippen LogP contribution in [-0.4, -0.2) is 32.5 Å².